The van der Waals surface area contributed by atoms with Crippen LogP contribution in [0.1, 0.15) is 24.0 Å². The van der Waals surface area contributed by atoms with Crippen LogP contribution in [0.3, 0.4) is 0 Å². The van der Waals surface area contributed by atoms with Crippen molar-refractivity contribution in [1.29, 1.82) is 5.26 Å². The lowest BCUT2D eigenvalue weighted by Crippen LogP contribution is -2.52. The quantitative estimate of drug-likeness (QED) is 0.799. The van der Waals surface area contributed by atoms with Gasteiger partial charge >= 0.3 is 0 Å². The Hall–Kier alpha value is -1.17. The Bertz CT molecular complexity index is 680. The zero-order valence-corrected chi connectivity index (χ0v) is 14.9. The fourth-order valence-electron chi connectivity index (χ4n) is 2.74. The summed E-state index contributed by atoms with van der Waals surface area (Å²) in [7, 11) is -2.06. The number of hydrogen-bond donors (Lipinski definition) is 2. The third-order valence-corrected chi connectivity index (χ3v) is 5.50. The van der Waals surface area contributed by atoms with Gasteiger partial charge in [-0.3, -0.25) is 0 Å². The maximum atomic E-state index is 12.5. The first-order valence-corrected chi connectivity index (χ1v) is 8.65. The van der Waals surface area contributed by atoms with Crippen molar-refractivity contribution in [3.05, 3.63) is 29.3 Å². The van der Waals surface area contributed by atoms with Crippen molar-refractivity contribution in [2.24, 2.45) is 0 Å². The van der Waals surface area contributed by atoms with E-state index in [9.17, 15) is 8.42 Å². The Balaban J connectivity index is 0.00000264. The van der Waals surface area contributed by atoms with E-state index >= 15 is 0 Å². The van der Waals surface area contributed by atoms with E-state index in [0.29, 0.717) is 17.7 Å². The summed E-state index contributed by atoms with van der Waals surface area (Å²) in [6, 6.07) is 6.63. The molecule has 2 rings (SSSR count). The van der Waals surface area contributed by atoms with Gasteiger partial charge in [-0.2, -0.15) is 5.26 Å². The highest BCUT2D eigenvalue weighted by Crippen LogP contribution is 2.21. The summed E-state index contributed by atoms with van der Waals surface area (Å²) in [6.45, 7) is 3.29. The number of aryl methyl sites for hydroxylation is 1. The van der Waals surface area contributed by atoms with Crippen molar-refractivity contribution in [2.45, 2.75) is 30.2 Å². The lowest BCUT2D eigenvalue weighted by atomic mass is 9.99. The largest absolute Gasteiger partial charge is 0.383 e. The predicted octanol–water partition coefficient (Wildman–Crippen LogP) is 1.34. The van der Waals surface area contributed by atoms with Crippen LogP contribution in [-0.2, 0) is 14.8 Å². The lowest BCUT2D eigenvalue weighted by Gasteiger charge is -2.29. The number of methoxy groups -OCH3 is 1. The van der Waals surface area contributed by atoms with Gasteiger partial charge in [0.25, 0.3) is 0 Å². The molecule has 2 N–H and O–H groups in total. The van der Waals surface area contributed by atoms with Gasteiger partial charge in [-0.05, 0) is 44.0 Å². The number of sulfonamides is 1. The molecule has 0 spiro atoms. The van der Waals surface area contributed by atoms with Crippen LogP contribution in [0.4, 0.5) is 0 Å². The highest BCUT2D eigenvalue weighted by Gasteiger charge is 2.35. The van der Waals surface area contributed by atoms with Crippen molar-refractivity contribution in [1.82, 2.24) is 10.0 Å². The van der Waals surface area contributed by atoms with Crippen LogP contribution in [0.25, 0.3) is 0 Å². The number of nitrogens with one attached hydrogen (secondary N) is 2. The average Bonchev–Trinajstić information content (AvgIpc) is 2.95. The molecule has 0 aliphatic carbocycles. The third-order valence-electron chi connectivity index (χ3n) is 3.96. The molecule has 1 heterocycles. The molecule has 0 amide bonds. The van der Waals surface area contributed by atoms with Crippen LogP contribution in [-0.4, -0.2) is 40.8 Å². The predicted molar refractivity (Wildman–Crippen MR) is 90.2 cm³/mol. The van der Waals surface area contributed by atoms with E-state index in [-0.39, 0.29) is 29.4 Å². The molecular weight excluding hydrogens is 338 g/mol. The maximum Gasteiger partial charge on any atom is 0.240 e. The van der Waals surface area contributed by atoms with Crippen molar-refractivity contribution in [2.75, 3.05) is 26.8 Å². The highest BCUT2D eigenvalue weighted by atomic mass is 35.5. The van der Waals surface area contributed by atoms with Crippen LogP contribution in [0.5, 0.6) is 0 Å². The first kappa shape index (κ1) is 19.9. The molecule has 1 aromatic carbocycles. The second-order valence-corrected chi connectivity index (χ2v) is 7.40. The zero-order valence-electron chi connectivity index (χ0n) is 13.3. The average molecular weight is 360 g/mol. The van der Waals surface area contributed by atoms with E-state index in [1.54, 1.807) is 26.2 Å². The van der Waals surface area contributed by atoms with Gasteiger partial charge in [-0.1, -0.05) is 6.07 Å². The standard InChI is InChI=1S/C15H21N3O3S.ClH/c1-12-4-5-13(9-16)8-14(12)22(19,20)18-10-15(11-21-2)6-3-7-17-15;/h4-5,8,17-18H,3,6-7,10-11H2,1-2H3;1H. The Morgan fingerprint density at radius 1 is 1.48 bits per heavy atom. The summed E-state index contributed by atoms with van der Waals surface area (Å²) in [4.78, 5) is 0.150. The van der Waals surface area contributed by atoms with E-state index in [4.69, 9.17) is 10.00 Å². The number of hydrogen-bond acceptors (Lipinski definition) is 5. The summed E-state index contributed by atoms with van der Waals surface area (Å²) in [5, 5.41) is 12.3. The molecule has 1 atom stereocenters. The van der Waals surface area contributed by atoms with Gasteiger partial charge < -0.3 is 10.1 Å². The van der Waals surface area contributed by atoms with E-state index in [1.165, 1.54) is 6.07 Å². The molecule has 1 unspecified atom stereocenters. The second kappa shape index (κ2) is 8.08. The number of nitrogens with zero attached hydrogens (tertiary/aromatic N) is 1. The van der Waals surface area contributed by atoms with Crippen LogP contribution in [0.2, 0.25) is 0 Å². The van der Waals surface area contributed by atoms with Gasteiger partial charge in [0.2, 0.25) is 10.0 Å². The summed E-state index contributed by atoms with van der Waals surface area (Å²) in [5.74, 6) is 0. The third kappa shape index (κ3) is 4.66. The number of halogens is 1. The summed E-state index contributed by atoms with van der Waals surface area (Å²) in [6.07, 6.45) is 1.86. The van der Waals surface area contributed by atoms with E-state index in [1.807, 2.05) is 6.07 Å². The van der Waals surface area contributed by atoms with Gasteiger partial charge in [-0.25, -0.2) is 13.1 Å². The molecule has 1 saturated heterocycles. The van der Waals surface area contributed by atoms with E-state index < -0.39 is 10.0 Å². The molecule has 1 aliphatic rings. The topological polar surface area (TPSA) is 91.2 Å². The smallest absolute Gasteiger partial charge is 0.240 e. The number of nitriles is 1. The maximum absolute atomic E-state index is 12.5. The van der Waals surface area contributed by atoms with E-state index in [2.05, 4.69) is 10.0 Å². The second-order valence-electron chi connectivity index (χ2n) is 5.66. The molecular formula is C15H22ClN3O3S. The normalized spacial score (nSPS) is 20.7. The minimum absolute atomic E-state index is 0. The fraction of sp³-hybridized carbons (Fsp3) is 0.533. The van der Waals surface area contributed by atoms with Crippen LogP contribution in [0, 0.1) is 18.3 Å². The van der Waals surface area contributed by atoms with Crippen molar-refractivity contribution < 1.29 is 13.2 Å². The SMILES string of the molecule is COCC1(CNS(=O)(=O)c2cc(C#N)ccc2C)CCCN1.Cl. The molecule has 0 radical (unpaired) electrons. The van der Waals surface area contributed by atoms with Gasteiger partial charge in [0.15, 0.2) is 0 Å². The molecule has 0 aromatic heterocycles. The van der Waals surface area contributed by atoms with Crippen LogP contribution < -0.4 is 10.0 Å². The first-order chi connectivity index (χ1) is 10.4. The van der Waals surface area contributed by atoms with Gasteiger partial charge in [0.05, 0.1) is 28.7 Å². The molecule has 128 valence electrons. The van der Waals surface area contributed by atoms with Gasteiger partial charge in [-0.15, -0.1) is 12.4 Å². The molecule has 1 aliphatic heterocycles. The molecule has 0 bridgehead atoms. The highest BCUT2D eigenvalue weighted by molar-refractivity contribution is 7.89. The van der Waals surface area contributed by atoms with Gasteiger partial charge in [0, 0.05) is 13.7 Å². The fourth-order valence-corrected chi connectivity index (χ4v) is 4.14. The number of ether oxygens (including phenoxy) is 1. The minimum Gasteiger partial charge on any atom is -0.383 e. The number of benzene rings is 1. The van der Waals surface area contributed by atoms with Gasteiger partial charge in [0.1, 0.15) is 0 Å². The van der Waals surface area contributed by atoms with E-state index in [0.717, 1.165) is 19.4 Å². The summed E-state index contributed by atoms with van der Waals surface area (Å²) in [5.41, 5.74) is 0.589. The molecule has 1 aromatic rings. The summed E-state index contributed by atoms with van der Waals surface area (Å²) >= 11 is 0. The Morgan fingerprint density at radius 2 is 2.22 bits per heavy atom. The van der Waals surface area contributed by atoms with Crippen molar-refractivity contribution >= 4 is 22.4 Å². The Kier molecular flexibility index (Phi) is 6.99. The molecule has 0 saturated carbocycles. The zero-order chi connectivity index (χ0) is 16.2. The van der Waals surface area contributed by atoms with Crippen molar-refractivity contribution in [3.8, 4) is 6.07 Å². The Morgan fingerprint density at radius 3 is 2.78 bits per heavy atom. The molecule has 23 heavy (non-hydrogen) atoms. The molecule has 6 nitrogen and oxygen atoms in total. The Labute approximate surface area is 143 Å². The first-order valence-electron chi connectivity index (χ1n) is 7.17. The monoisotopic (exact) mass is 359 g/mol. The van der Waals surface area contributed by atoms with Crippen LogP contribution in [0.15, 0.2) is 23.1 Å². The lowest BCUT2D eigenvalue weighted by molar-refractivity contribution is 0.122. The summed E-state index contributed by atoms with van der Waals surface area (Å²) < 4.78 is 32.9. The molecule has 8 heteroatoms. The van der Waals surface area contributed by atoms with Crippen molar-refractivity contribution in [3.63, 3.8) is 0 Å². The molecule has 1 fully saturated rings. The van der Waals surface area contributed by atoms with Crippen LogP contribution >= 0.6 is 12.4 Å². The minimum atomic E-state index is -3.66. The number of rotatable bonds is 6.